The van der Waals surface area contributed by atoms with Crippen molar-refractivity contribution in [2.75, 3.05) is 4.90 Å². The molecule has 1 amide bonds. The molecule has 0 saturated heterocycles. The second-order valence-electron chi connectivity index (χ2n) is 8.65. The Hall–Kier alpha value is -3.29. The van der Waals surface area contributed by atoms with Crippen LogP contribution in [0.25, 0.3) is 21.2 Å². The largest absolute Gasteiger partial charge is 0.450 e. The fraction of sp³-hybridized carbons (Fsp3) is 0.192. The van der Waals surface area contributed by atoms with Crippen LogP contribution in [0, 0.1) is 6.92 Å². The Morgan fingerprint density at radius 2 is 1.94 bits per heavy atom. The van der Waals surface area contributed by atoms with Gasteiger partial charge in [0.25, 0.3) is 5.91 Å². The molecule has 7 heteroatoms. The Labute approximate surface area is 197 Å². The van der Waals surface area contributed by atoms with Crippen LogP contribution in [-0.2, 0) is 0 Å². The molecule has 5 aromatic rings. The minimum atomic E-state index is -0.557. The smallest absolute Gasteiger partial charge is 0.297 e. The number of thiazole rings is 1. The Morgan fingerprint density at radius 1 is 1.09 bits per heavy atom. The molecule has 0 unspecified atom stereocenters. The number of carbonyl (C=O) groups excluding carboxylic acids is 1. The van der Waals surface area contributed by atoms with Gasteiger partial charge in [-0.3, -0.25) is 14.5 Å². The first-order valence-corrected chi connectivity index (χ1v) is 12.5. The summed E-state index contributed by atoms with van der Waals surface area (Å²) in [6.07, 6.45) is 0. The molecule has 1 atom stereocenters. The Bertz CT molecular complexity index is 1610. The molecule has 0 aliphatic carbocycles. The van der Waals surface area contributed by atoms with E-state index in [2.05, 4.69) is 26.0 Å². The first-order chi connectivity index (χ1) is 15.9. The number of amides is 1. The summed E-state index contributed by atoms with van der Waals surface area (Å²) in [5.74, 6) is 0.178. The molecule has 1 aliphatic heterocycles. The van der Waals surface area contributed by atoms with E-state index in [1.807, 2.05) is 42.6 Å². The molecule has 2 aromatic carbocycles. The standard InChI is InChI=1S/C26H20N2O3S2/c1-13(2)15-7-8-17-20(12-15)33-26(27-17)28-22(19-5-4-10-32-19)21-23(29)16-11-14(3)6-9-18(16)31-24(21)25(28)30/h4-13,22H,1-3H3/t22-/m0/s1. The Kier molecular flexibility index (Phi) is 4.54. The predicted octanol–water partition coefficient (Wildman–Crippen LogP) is 6.65. The lowest BCUT2D eigenvalue weighted by Crippen LogP contribution is -2.28. The third kappa shape index (κ3) is 3.07. The van der Waals surface area contributed by atoms with Crippen molar-refractivity contribution in [3.63, 3.8) is 0 Å². The number of hydrogen-bond acceptors (Lipinski definition) is 6. The second kappa shape index (κ2) is 7.37. The quantitative estimate of drug-likeness (QED) is 0.295. The maximum absolute atomic E-state index is 13.7. The highest BCUT2D eigenvalue weighted by molar-refractivity contribution is 7.22. The summed E-state index contributed by atoms with van der Waals surface area (Å²) in [4.78, 5) is 34.6. The van der Waals surface area contributed by atoms with Gasteiger partial charge in [-0.25, -0.2) is 4.98 Å². The maximum atomic E-state index is 13.7. The fourth-order valence-electron chi connectivity index (χ4n) is 4.39. The van der Waals surface area contributed by atoms with Gasteiger partial charge in [0.05, 0.1) is 21.2 Å². The van der Waals surface area contributed by atoms with E-state index in [-0.39, 0.29) is 17.1 Å². The number of rotatable bonds is 3. The van der Waals surface area contributed by atoms with Crippen LogP contribution in [0.4, 0.5) is 5.13 Å². The summed E-state index contributed by atoms with van der Waals surface area (Å²) >= 11 is 2.99. The van der Waals surface area contributed by atoms with Crippen LogP contribution in [0.2, 0.25) is 0 Å². The molecule has 0 bridgehead atoms. The van der Waals surface area contributed by atoms with Gasteiger partial charge in [-0.05, 0) is 54.1 Å². The third-order valence-corrected chi connectivity index (χ3v) is 8.05. The summed E-state index contributed by atoms with van der Waals surface area (Å²) in [5, 5.41) is 3.02. The number of aryl methyl sites for hydroxylation is 1. The van der Waals surface area contributed by atoms with E-state index in [1.165, 1.54) is 28.2 Å². The molecule has 4 heterocycles. The predicted molar refractivity (Wildman–Crippen MR) is 134 cm³/mol. The van der Waals surface area contributed by atoms with Gasteiger partial charge in [0, 0.05) is 4.88 Å². The number of thiophene rings is 1. The van der Waals surface area contributed by atoms with Crippen LogP contribution >= 0.6 is 22.7 Å². The highest BCUT2D eigenvalue weighted by Crippen LogP contribution is 2.45. The van der Waals surface area contributed by atoms with Crippen molar-refractivity contribution in [3.05, 3.63) is 91.5 Å². The van der Waals surface area contributed by atoms with Gasteiger partial charge in [0.1, 0.15) is 11.6 Å². The fourth-order valence-corrected chi connectivity index (χ4v) is 6.26. The van der Waals surface area contributed by atoms with Gasteiger partial charge in [-0.2, -0.15) is 0 Å². The molecule has 5 nitrogen and oxygen atoms in total. The number of aromatic nitrogens is 1. The maximum Gasteiger partial charge on any atom is 0.297 e. The second-order valence-corrected chi connectivity index (χ2v) is 10.6. The van der Waals surface area contributed by atoms with Gasteiger partial charge in [0.15, 0.2) is 10.6 Å². The molecule has 0 N–H and O–H groups in total. The number of anilines is 1. The Morgan fingerprint density at radius 3 is 2.70 bits per heavy atom. The molecule has 0 saturated carbocycles. The summed E-state index contributed by atoms with van der Waals surface area (Å²) in [5.41, 5.74) is 3.69. The zero-order chi connectivity index (χ0) is 22.9. The van der Waals surface area contributed by atoms with E-state index in [0.29, 0.717) is 27.6 Å². The number of fused-ring (bicyclic) bond motifs is 3. The van der Waals surface area contributed by atoms with Crippen LogP contribution < -0.4 is 10.3 Å². The molecular formula is C26H20N2O3S2. The number of carbonyl (C=O) groups is 1. The molecule has 0 fully saturated rings. The van der Waals surface area contributed by atoms with E-state index in [4.69, 9.17) is 9.40 Å². The zero-order valence-electron chi connectivity index (χ0n) is 18.3. The first-order valence-electron chi connectivity index (χ1n) is 10.8. The van der Waals surface area contributed by atoms with Crippen molar-refractivity contribution < 1.29 is 9.21 Å². The average Bonchev–Trinajstić information content (AvgIpc) is 3.51. The monoisotopic (exact) mass is 472 g/mol. The SMILES string of the molecule is Cc1ccc2oc3c(c(=O)c2c1)[C@H](c1cccs1)N(c1nc2ccc(C(C)C)cc2s1)C3=O. The highest BCUT2D eigenvalue weighted by Gasteiger charge is 2.45. The molecule has 6 rings (SSSR count). The lowest BCUT2D eigenvalue weighted by atomic mass is 10.0. The highest BCUT2D eigenvalue weighted by atomic mass is 32.1. The zero-order valence-corrected chi connectivity index (χ0v) is 19.9. The topological polar surface area (TPSA) is 63.4 Å². The van der Waals surface area contributed by atoms with E-state index < -0.39 is 6.04 Å². The van der Waals surface area contributed by atoms with Gasteiger partial charge in [-0.15, -0.1) is 11.3 Å². The number of hydrogen-bond donors (Lipinski definition) is 0. The summed E-state index contributed by atoms with van der Waals surface area (Å²) in [7, 11) is 0. The van der Waals surface area contributed by atoms with Crippen molar-refractivity contribution in [3.8, 4) is 0 Å². The van der Waals surface area contributed by atoms with Crippen LogP contribution in [0.15, 0.2) is 63.1 Å². The first kappa shape index (κ1) is 20.3. The van der Waals surface area contributed by atoms with Crippen molar-refractivity contribution in [2.45, 2.75) is 32.7 Å². The van der Waals surface area contributed by atoms with Gasteiger partial charge in [0.2, 0.25) is 5.76 Å². The Balaban J connectivity index is 1.59. The minimum Gasteiger partial charge on any atom is -0.450 e. The van der Waals surface area contributed by atoms with Crippen LogP contribution in [0.1, 0.15) is 57.9 Å². The number of nitrogens with zero attached hydrogens (tertiary/aromatic N) is 2. The third-order valence-electron chi connectivity index (χ3n) is 6.11. The molecule has 164 valence electrons. The molecule has 33 heavy (non-hydrogen) atoms. The van der Waals surface area contributed by atoms with E-state index in [0.717, 1.165) is 20.7 Å². The van der Waals surface area contributed by atoms with Crippen molar-refractivity contribution >= 4 is 54.9 Å². The van der Waals surface area contributed by atoms with Gasteiger partial charge < -0.3 is 4.42 Å². The van der Waals surface area contributed by atoms with E-state index >= 15 is 0 Å². The molecule has 0 radical (unpaired) electrons. The van der Waals surface area contributed by atoms with Crippen molar-refractivity contribution in [1.29, 1.82) is 0 Å². The summed E-state index contributed by atoms with van der Waals surface area (Å²) in [6.45, 7) is 6.24. The van der Waals surface area contributed by atoms with Crippen LogP contribution in [0.3, 0.4) is 0 Å². The molecule has 3 aromatic heterocycles. The van der Waals surface area contributed by atoms with Crippen molar-refractivity contribution in [1.82, 2.24) is 4.98 Å². The molecule has 1 aliphatic rings. The summed E-state index contributed by atoms with van der Waals surface area (Å²) < 4.78 is 7.07. The normalized spacial score (nSPS) is 15.8. The number of benzene rings is 2. The summed E-state index contributed by atoms with van der Waals surface area (Å²) in [6, 6.07) is 15.0. The van der Waals surface area contributed by atoms with Gasteiger partial charge in [-0.1, -0.05) is 48.9 Å². The minimum absolute atomic E-state index is 0.108. The lowest BCUT2D eigenvalue weighted by Gasteiger charge is -2.20. The van der Waals surface area contributed by atoms with Crippen molar-refractivity contribution in [2.24, 2.45) is 0 Å². The van der Waals surface area contributed by atoms with Gasteiger partial charge >= 0.3 is 0 Å². The van der Waals surface area contributed by atoms with E-state index in [1.54, 1.807) is 11.0 Å². The van der Waals surface area contributed by atoms with Crippen LogP contribution in [-0.4, -0.2) is 10.9 Å². The molecular weight excluding hydrogens is 452 g/mol. The average molecular weight is 473 g/mol. The van der Waals surface area contributed by atoms with Crippen LogP contribution in [0.5, 0.6) is 0 Å². The lowest BCUT2D eigenvalue weighted by molar-refractivity contribution is 0.0971. The molecule has 0 spiro atoms. The van der Waals surface area contributed by atoms with E-state index in [9.17, 15) is 9.59 Å².